The van der Waals surface area contributed by atoms with E-state index in [1.54, 1.807) is 0 Å². The molecule has 0 aliphatic rings. The predicted octanol–water partition coefficient (Wildman–Crippen LogP) is 2.26. The van der Waals surface area contributed by atoms with Crippen LogP contribution in [0.5, 0.6) is 0 Å². The van der Waals surface area contributed by atoms with Crippen molar-refractivity contribution in [3.05, 3.63) is 28.0 Å². The average Bonchev–Trinajstić information content (AvgIpc) is 2.94. The zero-order chi connectivity index (χ0) is 13.8. The van der Waals surface area contributed by atoms with E-state index < -0.39 is 0 Å². The number of aromatic nitrogens is 4. The maximum atomic E-state index is 4.51. The lowest BCUT2D eigenvalue weighted by Crippen LogP contribution is -2.24. The minimum Gasteiger partial charge on any atom is -0.309 e. The summed E-state index contributed by atoms with van der Waals surface area (Å²) in [6, 6.07) is 2.43. The third kappa shape index (κ3) is 3.19. The van der Waals surface area contributed by atoms with Gasteiger partial charge in [-0.1, -0.05) is 11.4 Å². The smallest absolute Gasteiger partial charge is 0.0772 e. The normalized spacial score (nSPS) is 12.8. The summed E-state index contributed by atoms with van der Waals surface area (Å²) in [7, 11) is 0. The minimum atomic E-state index is 0.270. The van der Waals surface area contributed by atoms with E-state index in [9.17, 15) is 0 Å². The molecule has 0 saturated carbocycles. The topological polar surface area (TPSA) is 55.6 Å². The van der Waals surface area contributed by atoms with Crippen molar-refractivity contribution in [3.8, 4) is 0 Å². The first-order valence-electron chi connectivity index (χ1n) is 6.71. The first-order valence-corrected chi connectivity index (χ1v) is 7.48. The lowest BCUT2D eigenvalue weighted by molar-refractivity contribution is 0.520. The molecule has 2 rings (SSSR count). The van der Waals surface area contributed by atoms with E-state index in [2.05, 4.69) is 44.6 Å². The first-order chi connectivity index (χ1) is 9.15. The van der Waals surface area contributed by atoms with Crippen LogP contribution < -0.4 is 5.32 Å². The van der Waals surface area contributed by atoms with E-state index in [1.165, 1.54) is 22.1 Å². The zero-order valence-electron chi connectivity index (χ0n) is 12.0. The van der Waals surface area contributed by atoms with Crippen LogP contribution in [0.1, 0.15) is 41.8 Å². The van der Waals surface area contributed by atoms with Crippen molar-refractivity contribution in [2.45, 2.75) is 46.7 Å². The van der Waals surface area contributed by atoms with Gasteiger partial charge >= 0.3 is 0 Å². The molecule has 2 aromatic heterocycles. The molecule has 1 unspecified atom stereocenters. The molecule has 0 spiro atoms. The van der Waals surface area contributed by atoms with Gasteiger partial charge < -0.3 is 5.32 Å². The molecule has 0 amide bonds. The monoisotopic (exact) mass is 279 g/mol. The highest BCUT2D eigenvalue weighted by molar-refractivity contribution is 7.05. The number of nitrogens with zero attached hydrogens (tertiary/aromatic N) is 4. The molecule has 104 valence electrons. The van der Waals surface area contributed by atoms with Crippen molar-refractivity contribution >= 4 is 11.5 Å². The lowest BCUT2D eigenvalue weighted by atomic mass is 10.1. The van der Waals surface area contributed by atoms with Gasteiger partial charge in [-0.3, -0.25) is 4.68 Å². The summed E-state index contributed by atoms with van der Waals surface area (Å²) in [6.45, 7) is 10.1. The molecule has 19 heavy (non-hydrogen) atoms. The Kier molecular flexibility index (Phi) is 4.66. The molecule has 2 heterocycles. The molecule has 0 fully saturated rings. The SMILES string of the molecule is CCNC(Cc1cc(C)nn1CC)c1snnc1C. The second-order valence-corrected chi connectivity index (χ2v) is 5.42. The highest BCUT2D eigenvalue weighted by Gasteiger charge is 2.19. The third-order valence-corrected chi connectivity index (χ3v) is 4.09. The van der Waals surface area contributed by atoms with Crippen LogP contribution in [0.25, 0.3) is 0 Å². The van der Waals surface area contributed by atoms with E-state index in [-0.39, 0.29) is 6.04 Å². The molecule has 0 aliphatic heterocycles. The van der Waals surface area contributed by atoms with Crippen LogP contribution in [-0.4, -0.2) is 25.9 Å². The Balaban J connectivity index is 2.23. The quantitative estimate of drug-likeness (QED) is 0.881. The molecule has 6 heteroatoms. The molecular weight excluding hydrogens is 258 g/mol. The summed E-state index contributed by atoms with van der Waals surface area (Å²) in [5.41, 5.74) is 3.36. The van der Waals surface area contributed by atoms with E-state index in [1.807, 2.05) is 13.8 Å². The summed E-state index contributed by atoms with van der Waals surface area (Å²) in [6.07, 6.45) is 0.924. The molecule has 0 radical (unpaired) electrons. The molecule has 5 nitrogen and oxygen atoms in total. The largest absolute Gasteiger partial charge is 0.309 e. The number of aryl methyl sites for hydroxylation is 3. The number of hydrogen-bond donors (Lipinski definition) is 1. The van der Waals surface area contributed by atoms with E-state index in [4.69, 9.17) is 0 Å². The van der Waals surface area contributed by atoms with Gasteiger partial charge in [0.25, 0.3) is 0 Å². The van der Waals surface area contributed by atoms with E-state index in [0.29, 0.717) is 0 Å². The minimum absolute atomic E-state index is 0.270. The second-order valence-electron chi connectivity index (χ2n) is 4.63. The lowest BCUT2D eigenvalue weighted by Gasteiger charge is -2.17. The summed E-state index contributed by atoms with van der Waals surface area (Å²) in [5.74, 6) is 0. The molecule has 0 aliphatic carbocycles. The standard InChI is InChI=1S/C13H21N5S/c1-5-14-12(13-10(4)15-17-19-13)8-11-7-9(3)16-18(11)6-2/h7,12,14H,5-6,8H2,1-4H3. The first kappa shape index (κ1) is 14.1. The van der Waals surface area contributed by atoms with Crippen molar-refractivity contribution in [1.82, 2.24) is 24.7 Å². The van der Waals surface area contributed by atoms with Crippen LogP contribution in [0.4, 0.5) is 0 Å². The van der Waals surface area contributed by atoms with Crippen molar-refractivity contribution in [3.63, 3.8) is 0 Å². The predicted molar refractivity (Wildman–Crippen MR) is 77.4 cm³/mol. The molecule has 0 aromatic carbocycles. The fourth-order valence-electron chi connectivity index (χ4n) is 2.31. The molecule has 0 bridgehead atoms. The average molecular weight is 279 g/mol. The molecule has 1 atom stereocenters. The van der Waals surface area contributed by atoms with Crippen LogP contribution >= 0.6 is 11.5 Å². The Hall–Kier alpha value is -1.27. The van der Waals surface area contributed by atoms with E-state index >= 15 is 0 Å². The van der Waals surface area contributed by atoms with Crippen LogP contribution in [0.15, 0.2) is 6.07 Å². The van der Waals surface area contributed by atoms with Gasteiger partial charge in [-0.15, -0.1) is 5.10 Å². The van der Waals surface area contributed by atoms with Crippen LogP contribution in [0.3, 0.4) is 0 Å². The van der Waals surface area contributed by atoms with Crippen LogP contribution in [-0.2, 0) is 13.0 Å². The van der Waals surface area contributed by atoms with Gasteiger partial charge in [0, 0.05) is 18.7 Å². The van der Waals surface area contributed by atoms with E-state index in [0.717, 1.165) is 30.9 Å². The maximum absolute atomic E-state index is 4.51. The Morgan fingerprint density at radius 2 is 2.16 bits per heavy atom. The van der Waals surface area contributed by atoms with Gasteiger partial charge in [-0.25, -0.2) is 0 Å². The summed E-state index contributed by atoms with van der Waals surface area (Å²) in [5, 5.41) is 12.1. The Labute approximate surface area is 118 Å². The van der Waals surface area contributed by atoms with Crippen molar-refractivity contribution in [1.29, 1.82) is 0 Å². The van der Waals surface area contributed by atoms with Crippen molar-refractivity contribution < 1.29 is 0 Å². The summed E-state index contributed by atoms with van der Waals surface area (Å²) in [4.78, 5) is 1.23. The Bertz CT molecular complexity index is 531. The van der Waals surface area contributed by atoms with Gasteiger partial charge in [0.05, 0.1) is 22.3 Å². The fraction of sp³-hybridized carbons (Fsp3) is 0.615. The summed E-state index contributed by atoms with van der Waals surface area (Å²) >= 11 is 1.48. The van der Waals surface area contributed by atoms with Crippen LogP contribution in [0, 0.1) is 13.8 Å². The molecular formula is C13H21N5S. The third-order valence-electron chi connectivity index (χ3n) is 3.15. The fourth-order valence-corrected chi connectivity index (χ4v) is 3.03. The summed E-state index contributed by atoms with van der Waals surface area (Å²) < 4.78 is 6.12. The van der Waals surface area contributed by atoms with Gasteiger partial charge in [0.1, 0.15) is 0 Å². The number of nitrogens with one attached hydrogen (secondary N) is 1. The molecule has 0 saturated heterocycles. The van der Waals surface area contributed by atoms with Gasteiger partial charge in [-0.05, 0) is 44.9 Å². The number of rotatable bonds is 6. The second kappa shape index (κ2) is 6.25. The maximum Gasteiger partial charge on any atom is 0.0772 e. The Morgan fingerprint density at radius 1 is 1.37 bits per heavy atom. The van der Waals surface area contributed by atoms with Gasteiger partial charge in [0.15, 0.2) is 0 Å². The van der Waals surface area contributed by atoms with Crippen molar-refractivity contribution in [2.24, 2.45) is 0 Å². The highest BCUT2D eigenvalue weighted by atomic mass is 32.1. The van der Waals surface area contributed by atoms with Gasteiger partial charge in [-0.2, -0.15) is 5.10 Å². The van der Waals surface area contributed by atoms with Gasteiger partial charge in [0.2, 0.25) is 0 Å². The number of hydrogen-bond acceptors (Lipinski definition) is 5. The number of likely N-dealkylation sites (N-methyl/N-ethyl adjacent to an activating group) is 1. The van der Waals surface area contributed by atoms with Crippen molar-refractivity contribution in [2.75, 3.05) is 6.54 Å². The van der Waals surface area contributed by atoms with Crippen LogP contribution in [0.2, 0.25) is 0 Å². The Morgan fingerprint density at radius 3 is 2.74 bits per heavy atom. The zero-order valence-corrected chi connectivity index (χ0v) is 12.8. The molecule has 2 aromatic rings. The highest BCUT2D eigenvalue weighted by Crippen LogP contribution is 2.24. The molecule has 1 N–H and O–H groups in total.